The smallest absolute Gasteiger partial charge is 0.144 e. The fourth-order valence-corrected chi connectivity index (χ4v) is 1.78. The Labute approximate surface area is 113 Å². The standard InChI is InChI=1S/C13H9IN2O/c14-12-8-16-11(7-15)6-13(12)17-9-10-4-2-1-3-5-10/h1-6,8H,9H2. The van der Waals surface area contributed by atoms with Crippen LogP contribution >= 0.6 is 22.6 Å². The zero-order chi connectivity index (χ0) is 12.1. The quantitative estimate of drug-likeness (QED) is 0.809. The second-order valence-electron chi connectivity index (χ2n) is 3.39. The average Bonchev–Trinajstić information content (AvgIpc) is 2.39. The molecule has 0 N–H and O–H groups in total. The summed E-state index contributed by atoms with van der Waals surface area (Å²) in [6.07, 6.45) is 1.64. The normalized spacial score (nSPS) is 9.65. The van der Waals surface area contributed by atoms with E-state index < -0.39 is 0 Å². The number of pyridine rings is 1. The van der Waals surface area contributed by atoms with Gasteiger partial charge < -0.3 is 4.74 Å². The summed E-state index contributed by atoms with van der Waals surface area (Å²) in [6, 6.07) is 13.6. The number of aromatic nitrogens is 1. The molecule has 0 radical (unpaired) electrons. The van der Waals surface area contributed by atoms with Gasteiger partial charge in [0.25, 0.3) is 0 Å². The Balaban J connectivity index is 2.12. The molecular weight excluding hydrogens is 327 g/mol. The van der Waals surface area contributed by atoms with E-state index in [2.05, 4.69) is 27.6 Å². The van der Waals surface area contributed by atoms with Gasteiger partial charge >= 0.3 is 0 Å². The fourth-order valence-electron chi connectivity index (χ4n) is 1.33. The van der Waals surface area contributed by atoms with E-state index in [9.17, 15) is 0 Å². The highest BCUT2D eigenvalue weighted by molar-refractivity contribution is 14.1. The van der Waals surface area contributed by atoms with E-state index in [1.807, 2.05) is 36.4 Å². The van der Waals surface area contributed by atoms with Crippen LogP contribution in [-0.4, -0.2) is 4.98 Å². The Morgan fingerprint density at radius 1 is 1.29 bits per heavy atom. The van der Waals surface area contributed by atoms with Gasteiger partial charge in [0.05, 0.1) is 3.57 Å². The molecule has 17 heavy (non-hydrogen) atoms. The minimum atomic E-state index is 0.369. The average molecular weight is 336 g/mol. The maximum absolute atomic E-state index is 8.77. The molecule has 0 saturated carbocycles. The molecule has 0 atom stereocenters. The predicted molar refractivity (Wildman–Crippen MR) is 72.4 cm³/mol. The van der Waals surface area contributed by atoms with Crippen molar-refractivity contribution in [1.29, 1.82) is 5.26 Å². The number of benzene rings is 1. The van der Waals surface area contributed by atoms with Crippen LogP contribution in [0.25, 0.3) is 0 Å². The molecule has 84 valence electrons. The van der Waals surface area contributed by atoms with Crippen molar-refractivity contribution in [2.45, 2.75) is 6.61 Å². The van der Waals surface area contributed by atoms with Gasteiger partial charge in [-0.1, -0.05) is 30.3 Å². The molecule has 2 rings (SSSR count). The first-order valence-corrected chi connectivity index (χ1v) is 6.10. The van der Waals surface area contributed by atoms with Gasteiger partial charge in [-0.3, -0.25) is 0 Å². The second-order valence-corrected chi connectivity index (χ2v) is 4.55. The maximum atomic E-state index is 8.77. The lowest BCUT2D eigenvalue weighted by molar-refractivity contribution is 0.303. The van der Waals surface area contributed by atoms with Gasteiger partial charge in [-0.2, -0.15) is 5.26 Å². The van der Waals surface area contributed by atoms with Crippen molar-refractivity contribution in [3.63, 3.8) is 0 Å². The molecule has 4 heteroatoms. The van der Waals surface area contributed by atoms with Crippen LogP contribution < -0.4 is 4.74 Å². The summed E-state index contributed by atoms with van der Waals surface area (Å²) in [6.45, 7) is 0.492. The Kier molecular flexibility index (Phi) is 3.94. The zero-order valence-electron chi connectivity index (χ0n) is 8.93. The SMILES string of the molecule is N#Cc1cc(OCc2ccccc2)c(I)cn1. The highest BCUT2D eigenvalue weighted by Crippen LogP contribution is 2.21. The predicted octanol–water partition coefficient (Wildman–Crippen LogP) is 3.14. The van der Waals surface area contributed by atoms with Gasteiger partial charge in [0.2, 0.25) is 0 Å². The van der Waals surface area contributed by atoms with Crippen LogP contribution in [0, 0.1) is 14.9 Å². The van der Waals surface area contributed by atoms with Crippen LogP contribution in [0.4, 0.5) is 0 Å². The van der Waals surface area contributed by atoms with Crippen LogP contribution in [0.1, 0.15) is 11.3 Å². The van der Waals surface area contributed by atoms with E-state index in [0.717, 1.165) is 9.13 Å². The summed E-state index contributed by atoms with van der Waals surface area (Å²) >= 11 is 2.14. The van der Waals surface area contributed by atoms with Crippen molar-refractivity contribution in [3.8, 4) is 11.8 Å². The highest BCUT2D eigenvalue weighted by Gasteiger charge is 2.04. The van der Waals surface area contributed by atoms with Crippen LogP contribution in [0.15, 0.2) is 42.6 Å². The van der Waals surface area contributed by atoms with Crippen molar-refractivity contribution in [3.05, 3.63) is 57.4 Å². The summed E-state index contributed by atoms with van der Waals surface area (Å²) in [5.74, 6) is 0.695. The third-order valence-electron chi connectivity index (χ3n) is 2.17. The first-order valence-electron chi connectivity index (χ1n) is 5.02. The van der Waals surface area contributed by atoms with Gasteiger partial charge in [-0.15, -0.1) is 0 Å². The molecule has 1 aromatic carbocycles. The number of nitrogens with zero attached hydrogens (tertiary/aromatic N) is 2. The summed E-state index contributed by atoms with van der Waals surface area (Å²) in [5, 5.41) is 8.77. The van der Waals surface area contributed by atoms with Crippen LogP contribution in [0.3, 0.4) is 0 Å². The van der Waals surface area contributed by atoms with E-state index >= 15 is 0 Å². The molecule has 0 aliphatic heterocycles. The number of hydrogen-bond donors (Lipinski definition) is 0. The van der Waals surface area contributed by atoms with E-state index in [1.54, 1.807) is 12.3 Å². The van der Waals surface area contributed by atoms with Crippen molar-refractivity contribution in [1.82, 2.24) is 4.98 Å². The molecule has 2 aromatic rings. The first kappa shape index (κ1) is 11.9. The topological polar surface area (TPSA) is 45.9 Å². The third kappa shape index (κ3) is 3.17. The summed E-state index contributed by atoms with van der Waals surface area (Å²) < 4.78 is 6.57. The van der Waals surface area contributed by atoms with Crippen molar-refractivity contribution < 1.29 is 4.74 Å². The minimum absolute atomic E-state index is 0.369. The Bertz CT molecular complexity index is 549. The molecular formula is C13H9IN2O. The van der Waals surface area contributed by atoms with Crippen LogP contribution in [0.5, 0.6) is 5.75 Å². The summed E-state index contributed by atoms with van der Waals surface area (Å²) in [5.41, 5.74) is 1.46. The number of hydrogen-bond acceptors (Lipinski definition) is 3. The molecule has 3 nitrogen and oxygen atoms in total. The molecule has 0 saturated heterocycles. The van der Waals surface area contributed by atoms with E-state index in [4.69, 9.17) is 10.00 Å². The molecule has 1 heterocycles. The Morgan fingerprint density at radius 2 is 2.06 bits per heavy atom. The molecule has 0 aliphatic rings. The maximum Gasteiger partial charge on any atom is 0.144 e. The van der Waals surface area contributed by atoms with Gasteiger partial charge in [0.15, 0.2) is 0 Å². The number of rotatable bonds is 3. The molecule has 1 aromatic heterocycles. The molecule has 0 spiro atoms. The second kappa shape index (κ2) is 5.64. The fraction of sp³-hybridized carbons (Fsp3) is 0.0769. The van der Waals surface area contributed by atoms with Gasteiger partial charge in [0, 0.05) is 12.3 Å². The minimum Gasteiger partial charge on any atom is -0.488 e. The Morgan fingerprint density at radius 3 is 2.76 bits per heavy atom. The molecule has 0 bridgehead atoms. The lowest BCUT2D eigenvalue weighted by Gasteiger charge is -2.07. The van der Waals surface area contributed by atoms with Gasteiger partial charge in [-0.05, 0) is 28.2 Å². The summed E-state index contributed by atoms with van der Waals surface area (Å²) in [7, 11) is 0. The number of halogens is 1. The third-order valence-corrected chi connectivity index (χ3v) is 2.98. The van der Waals surface area contributed by atoms with E-state index in [-0.39, 0.29) is 0 Å². The number of ether oxygens (including phenoxy) is 1. The van der Waals surface area contributed by atoms with E-state index in [0.29, 0.717) is 18.1 Å². The van der Waals surface area contributed by atoms with Crippen LogP contribution in [0.2, 0.25) is 0 Å². The Hall–Kier alpha value is -1.61. The summed E-state index contributed by atoms with van der Waals surface area (Å²) in [4.78, 5) is 3.96. The molecule has 0 aliphatic carbocycles. The van der Waals surface area contributed by atoms with Crippen molar-refractivity contribution in [2.75, 3.05) is 0 Å². The van der Waals surface area contributed by atoms with Crippen LogP contribution in [-0.2, 0) is 6.61 Å². The molecule has 0 fully saturated rings. The molecule has 0 amide bonds. The van der Waals surface area contributed by atoms with E-state index in [1.165, 1.54) is 0 Å². The van der Waals surface area contributed by atoms with Crippen molar-refractivity contribution in [2.24, 2.45) is 0 Å². The zero-order valence-corrected chi connectivity index (χ0v) is 11.1. The van der Waals surface area contributed by atoms with Gasteiger partial charge in [0.1, 0.15) is 24.1 Å². The molecule has 0 unspecified atom stereocenters. The highest BCUT2D eigenvalue weighted by atomic mass is 127. The van der Waals surface area contributed by atoms with Gasteiger partial charge in [-0.25, -0.2) is 4.98 Å². The number of nitriles is 1. The monoisotopic (exact) mass is 336 g/mol. The first-order chi connectivity index (χ1) is 8.29. The van der Waals surface area contributed by atoms with Crippen molar-refractivity contribution >= 4 is 22.6 Å². The lowest BCUT2D eigenvalue weighted by Crippen LogP contribution is -1.98. The largest absolute Gasteiger partial charge is 0.488 e. The lowest BCUT2D eigenvalue weighted by atomic mass is 10.2.